The van der Waals surface area contributed by atoms with Crippen LogP contribution in [0.1, 0.15) is 21.5 Å². The van der Waals surface area contributed by atoms with E-state index in [1.165, 1.54) is 0 Å². The number of nitrogens with two attached hydrogens (primary N) is 1. The molecule has 0 aliphatic heterocycles. The van der Waals surface area contributed by atoms with E-state index in [1.807, 2.05) is 6.92 Å². The van der Waals surface area contributed by atoms with Crippen LogP contribution in [0.4, 0.5) is 5.69 Å². The molecule has 1 amide bonds. The zero-order valence-corrected chi connectivity index (χ0v) is 12.1. The third-order valence-electron chi connectivity index (χ3n) is 2.83. The zero-order chi connectivity index (χ0) is 15.4. The van der Waals surface area contributed by atoms with Crippen LogP contribution >= 0.6 is 11.6 Å². The molecule has 0 saturated heterocycles. The van der Waals surface area contributed by atoms with E-state index in [9.17, 15) is 4.79 Å². The Morgan fingerprint density at radius 3 is 2.67 bits per heavy atom. The molecule has 0 atom stereocenters. The van der Waals surface area contributed by atoms with Gasteiger partial charge in [-0.2, -0.15) is 0 Å². The van der Waals surface area contributed by atoms with Gasteiger partial charge in [-0.1, -0.05) is 28.9 Å². The van der Waals surface area contributed by atoms with Crippen LogP contribution in [-0.2, 0) is 0 Å². The lowest BCUT2D eigenvalue weighted by Gasteiger charge is -2.08. The molecule has 6 heteroatoms. The van der Waals surface area contributed by atoms with Crippen molar-refractivity contribution in [1.29, 1.82) is 0 Å². The number of nitrogens with one attached hydrogen (secondary N) is 1. The Morgan fingerprint density at radius 2 is 2.00 bits per heavy atom. The largest absolute Gasteiger partial charge is 0.409 e. The Labute approximate surface area is 127 Å². The molecular weight excluding hydrogens is 290 g/mol. The van der Waals surface area contributed by atoms with Crippen LogP contribution in [0, 0.1) is 6.92 Å². The molecule has 21 heavy (non-hydrogen) atoms. The molecule has 0 saturated carbocycles. The van der Waals surface area contributed by atoms with Crippen LogP contribution in [-0.4, -0.2) is 17.0 Å². The molecule has 0 spiro atoms. The number of carbonyl (C=O) groups excluding carboxylic acids is 1. The first kappa shape index (κ1) is 14.9. The predicted molar refractivity (Wildman–Crippen MR) is 83.1 cm³/mol. The number of hydrogen-bond acceptors (Lipinski definition) is 3. The fraction of sp³-hybridized carbons (Fsp3) is 0.0667. The highest BCUT2D eigenvalue weighted by molar-refractivity contribution is 6.31. The van der Waals surface area contributed by atoms with Gasteiger partial charge < -0.3 is 16.3 Å². The summed E-state index contributed by atoms with van der Waals surface area (Å²) < 4.78 is 0. The Kier molecular flexibility index (Phi) is 4.45. The van der Waals surface area contributed by atoms with Crippen molar-refractivity contribution in [3.63, 3.8) is 0 Å². The molecule has 0 aliphatic rings. The summed E-state index contributed by atoms with van der Waals surface area (Å²) in [4.78, 5) is 12.2. The molecule has 0 aliphatic carbocycles. The number of nitrogens with zero attached hydrogens (tertiary/aromatic N) is 1. The van der Waals surface area contributed by atoms with Crippen molar-refractivity contribution in [3.8, 4) is 0 Å². The number of amidine groups is 1. The highest BCUT2D eigenvalue weighted by Gasteiger charge is 2.09. The maximum atomic E-state index is 12.2. The number of benzene rings is 2. The minimum atomic E-state index is -0.280. The average molecular weight is 304 g/mol. The SMILES string of the molecule is Cc1cc(Cl)cc(C(=O)Nc2cccc(/C(N)=N/O)c2)c1. The number of carbonyl (C=O) groups is 1. The quantitative estimate of drug-likeness (QED) is 0.352. The van der Waals surface area contributed by atoms with Crippen molar-refractivity contribution in [2.45, 2.75) is 6.92 Å². The number of anilines is 1. The number of hydrogen-bond donors (Lipinski definition) is 3. The lowest BCUT2D eigenvalue weighted by atomic mass is 10.1. The summed E-state index contributed by atoms with van der Waals surface area (Å²) in [5.74, 6) is -0.304. The fourth-order valence-electron chi connectivity index (χ4n) is 1.88. The number of halogens is 1. The molecule has 2 rings (SSSR count). The summed E-state index contributed by atoms with van der Waals surface area (Å²) in [6.45, 7) is 1.86. The standard InChI is InChI=1S/C15H14ClN3O2/c1-9-5-11(7-12(16)6-9)15(20)18-13-4-2-3-10(8-13)14(17)19-21/h2-8,21H,1H3,(H2,17,19)(H,18,20). The summed E-state index contributed by atoms with van der Waals surface area (Å²) in [5.41, 5.74) is 7.94. The number of aryl methyl sites for hydroxylation is 1. The van der Waals surface area contributed by atoms with E-state index in [-0.39, 0.29) is 11.7 Å². The van der Waals surface area contributed by atoms with Crippen LogP contribution < -0.4 is 11.1 Å². The Bertz CT molecular complexity index is 694. The van der Waals surface area contributed by atoms with Gasteiger partial charge in [0.05, 0.1) is 0 Å². The first-order chi connectivity index (χ1) is 9.99. The van der Waals surface area contributed by atoms with Gasteiger partial charge in [0.1, 0.15) is 0 Å². The van der Waals surface area contributed by atoms with Crippen LogP contribution in [0.3, 0.4) is 0 Å². The maximum absolute atomic E-state index is 12.2. The summed E-state index contributed by atoms with van der Waals surface area (Å²) in [5, 5.41) is 14.8. The van der Waals surface area contributed by atoms with E-state index in [4.69, 9.17) is 22.5 Å². The van der Waals surface area contributed by atoms with Crippen molar-refractivity contribution >= 4 is 29.0 Å². The van der Waals surface area contributed by atoms with Gasteiger partial charge in [-0.05, 0) is 42.8 Å². The molecule has 2 aromatic carbocycles. The minimum absolute atomic E-state index is 0.0234. The Balaban J connectivity index is 2.23. The van der Waals surface area contributed by atoms with E-state index in [1.54, 1.807) is 42.5 Å². The Morgan fingerprint density at radius 1 is 1.24 bits per heavy atom. The van der Waals surface area contributed by atoms with Crippen molar-refractivity contribution in [1.82, 2.24) is 0 Å². The molecule has 4 N–H and O–H groups in total. The smallest absolute Gasteiger partial charge is 0.255 e. The van der Waals surface area contributed by atoms with E-state index >= 15 is 0 Å². The van der Waals surface area contributed by atoms with Gasteiger partial charge in [0.2, 0.25) is 0 Å². The first-order valence-electron chi connectivity index (χ1n) is 6.16. The van der Waals surface area contributed by atoms with Crippen molar-refractivity contribution in [2.24, 2.45) is 10.9 Å². The first-order valence-corrected chi connectivity index (χ1v) is 6.54. The van der Waals surface area contributed by atoms with E-state index in [0.717, 1.165) is 5.56 Å². The molecule has 0 fully saturated rings. The summed E-state index contributed by atoms with van der Waals surface area (Å²) in [6, 6.07) is 11.8. The lowest BCUT2D eigenvalue weighted by Crippen LogP contribution is -2.15. The second kappa shape index (κ2) is 6.28. The lowest BCUT2D eigenvalue weighted by molar-refractivity contribution is 0.102. The van der Waals surface area contributed by atoms with E-state index in [2.05, 4.69) is 10.5 Å². The molecule has 0 unspecified atom stereocenters. The number of oxime groups is 1. The van der Waals surface area contributed by atoms with Gasteiger partial charge in [-0.15, -0.1) is 0 Å². The second-order valence-electron chi connectivity index (χ2n) is 4.54. The topological polar surface area (TPSA) is 87.7 Å². The molecule has 2 aromatic rings. The minimum Gasteiger partial charge on any atom is -0.409 e. The highest BCUT2D eigenvalue weighted by atomic mass is 35.5. The van der Waals surface area contributed by atoms with Gasteiger partial charge in [-0.3, -0.25) is 4.79 Å². The third-order valence-corrected chi connectivity index (χ3v) is 3.05. The van der Waals surface area contributed by atoms with Gasteiger partial charge in [0.15, 0.2) is 5.84 Å². The van der Waals surface area contributed by atoms with Gasteiger partial charge in [0, 0.05) is 21.8 Å². The van der Waals surface area contributed by atoms with Crippen LogP contribution in [0.15, 0.2) is 47.6 Å². The number of amides is 1. The van der Waals surface area contributed by atoms with Crippen LogP contribution in [0.2, 0.25) is 5.02 Å². The fourth-order valence-corrected chi connectivity index (χ4v) is 2.17. The predicted octanol–water partition coefficient (Wildman–Crippen LogP) is 3.00. The van der Waals surface area contributed by atoms with E-state index in [0.29, 0.717) is 21.8 Å². The Hall–Kier alpha value is -2.53. The monoisotopic (exact) mass is 303 g/mol. The third kappa shape index (κ3) is 3.73. The van der Waals surface area contributed by atoms with Crippen LogP contribution in [0.5, 0.6) is 0 Å². The molecular formula is C15H14ClN3O2. The van der Waals surface area contributed by atoms with Gasteiger partial charge in [-0.25, -0.2) is 0 Å². The van der Waals surface area contributed by atoms with Crippen molar-refractivity contribution in [2.75, 3.05) is 5.32 Å². The van der Waals surface area contributed by atoms with E-state index < -0.39 is 0 Å². The molecule has 5 nitrogen and oxygen atoms in total. The molecule has 0 bridgehead atoms. The van der Waals surface area contributed by atoms with Crippen molar-refractivity contribution in [3.05, 3.63) is 64.2 Å². The zero-order valence-electron chi connectivity index (χ0n) is 11.3. The molecule has 0 radical (unpaired) electrons. The van der Waals surface area contributed by atoms with Gasteiger partial charge in [0.25, 0.3) is 5.91 Å². The molecule has 108 valence electrons. The highest BCUT2D eigenvalue weighted by Crippen LogP contribution is 2.17. The summed E-state index contributed by atoms with van der Waals surface area (Å²) in [6.07, 6.45) is 0. The molecule has 0 aromatic heterocycles. The molecule has 0 heterocycles. The second-order valence-corrected chi connectivity index (χ2v) is 4.97. The van der Waals surface area contributed by atoms with Gasteiger partial charge >= 0.3 is 0 Å². The average Bonchev–Trinajstić information content (AvgIpc) is 2.45. The normalized spacial score (nSPS) is 11.2. The summed E-state index contributed by atoms with van der Waals surface area (Å²) in [7, 11) is 0. The maximum Gasteiger partial charge on any atom is 0.255 e. The van der Waals surface area contributed by atoms with Crippen molar-refractivity contribution < 1.29 is 10.0 Å². The number of rotatable bonds is 3. The summed E-state index contributed by atoms with van der Waals surface area (Å²) >= 11 is 5.94. The van der Waals surface area contributed by atoms with Crippen LogP contribution in [0.25, 0.3) is 0 Å².